The van der Waals surface area contributed by atoms with E-state index >= 15 is 0 Å². The standard InChI is InChI=1S/C14H23.Mg/c1-4-7-10-14(6-3)11-8-9-13(5-2)12-14;/h8-9,11H,1,4-7,10,12H2,2-3H3;. The van der Waals surface area contributed by atoms with Crippen molar-refractivity contribution in [2.24, 2.45) is 5.41 Å². The molecule has 1 unspecified atom stereocenters. The van der Waals surface area contributed by atoms with E-state index in [2.05, 4.69) is 53.8 Å². The van der Waals surface area contributed by atoms with Crippen LogP contribution in [0.2, 0.25) is 4.55 Å². The Labute approximate surface area is 108 Å². The largest absolute Gasteiger partial charge is 0.222 e. The molecular weight excluding hydrogens is 192 g/mol. The molecule has 0 fully saturated rings. The van der Waals surface area contributed by atoms with Gasteiger partial charge in [-0.1, -0.05) is 50.5 Å². The first-order valence-corrected chi connectivity index (χ1v) is 7.43. The zero-order valence-corrected chi connectivity index (χ0v) is 11.8. The fraction of sp³-hybridized carbons (Fsp3) is 0.714. The molecule has 0 bridgehead atoms. The molecule has 0 amide bonds. The van der Waals surface area contributed by atoms with Crippen LogP contribution in [0.5, 0.6) is 0 Å². The molecule has 1 atom stereocenters. The minimum atomic E-state index is 0.498. The van der Waals surface area contributed by atoms with E-state index in [-0.39, 0.29) is 0 Å². The molecule has 1 aliphatic rings. The highest BCUT2D eigenvalue weighted by Gasteiger charge is 2.26. The molecule has 0 nitrogen and oxygen atoms in total. The normalized spacial score (nSPS) is 25.3. The van der Waals surface area contributed by atoms with Crippen molar-refractivity contribution in [2.75, 3.05) is 0 Å². The second-order valence-corrected chi connectivity index (χ2v) is 5.45. The van der Waals surface area contributed by atoms with Gasteiger partial charge in [-0.2, -0.15) is 4.55 Å². The molecule has 0 aliphatic heterocycles. The number of allylic oxidation sites excluding steroid dienone is 4. The second kappa shape index (κ2) is 6.75. The molecule has 0 heterocycles. The van der Waals surface area contributed by atoms with Crippen molar-refractivity contribution < 1.29 is 0 Å². The van der Waals surface area contributed by atoms with E-state index in [4.69, 9.17) is 0 Å². The Hall–Kier alpha value is 0.246. The molecule has 0 N–H and O–H groups in total. The summed E-state index contributed by atoms with van der Waals surface area (Å²) in [5.74, 6) is 0. The highest BCUT2D eigenvalue weighted by atomic mass is 24.4. The van der Waals surface area contributed by atoms with Crippen molar-refractivity contribution in [3.63, 3.8) is 0 Å². The van der Waals surface area contributed by atoms with E-state index in [1.807, 2.05) is 0 Å². The molecule has 1 heteroatoms. The summed E-state index contributed by atoms with van der Waals surface area (Å²) in [5, 5.41) is 0. The lowest BCUT2D eigenvalue weighted by molar-refractivity contribution is 0.317. The van der Waals surface area contributed by atoms with Crippen molar-refractivity contribution in [3.05, 3.63) is 23.8 Å². The third kappa shape index (κ3) is 3.95. The van der Waals surface area contributed by atoms with Crippen LogP contribution in [0.25, 0.3) is 0 Å². The summed E-state index contributed by atoms with van der Waals surface area (Å²) in [6, 6.07) is 0. The molecule has 0 saturated heterocycles. The van der Waals surface area contributed by atoms with Crippen LogP contribution in [-0.4, -0.2) is 21.7 Å². The van der Waals surface area contributed by atoms with E-state index in [0.717, 1.165) is 0 Å². The average molecular weight is 216 g/mol. The maximum absolute atomic E-state index is 2.46. The smallest absolute Gasteiger partial charge is 0.177 e. The summed E-state index contributed by atoms with van der Waals surface area (Å²) in [7, 11) is 0. The lowest BCUT2D eigenvalue weighted by atomic mass is 9.72. The van der Waals surface area contributed by atoms with Gasteiger partial charge in [0.2, 0.25) is 21.7 Å². The average Bonchev–Trinajstić information content (AvgIpc) is 2.30. The molecule has 0 saturated carbocycles. The van der Waals surface area contributed by atoms with E-state index in [0.29, 0.717) is 5.41 Å². The SMILES string of the molecule is CCC1=CC=CC(CC)(CCC[CH2][Mg])C1. The quantitative estimate of drug-likeness (QED) is 0.454. The molecule has 81 valence electrons. The summed E-state index contributed by atoms with van der Waals surface area (Å²) in [6.07, 6.45) is 15.1. The van der Waals surface area contributed by atoms with Gasteiger partial charge in [0.1, 0.15) is 0 Å². The first-order valence-electron chi connectivity index (χ1n) is 6.43. The highest BCUT2D eigenvalue weighted by Crippen LogP contribution is 2.40. The Bertz CT molecular complexity index is 240. The molecule has 0 aromatic heterocycles. The fourth-order valence-electron chi connectivity index (χ4n) is 2.45. The van der Waals surface area contributed by atoms with Gasteiger partial charge in [-0.05, 0) is 31.1 Å². The maximum atomic E-state index is 2.46. The zero-order chi connectivity index (χ0) is 11.1. The minimum absolute atomic E-state index is 0.498. The van der Waals surface area contributed by atoms with Crippen molar-refractivity contribution >= 4 is 21.7 Å². The van der Waals surface area contributed by atoms with Crippen LogP contribution < -0.4 is 0 Å². The Kier molecular flexibility index (Phi) is 5.99. The van der Waals surface area contributed by atoms with Crippen molar-refractivity contribution in [2.45, 2.75) is 56.9 Å². The Morgan fingerprint density at radius 3 is 2.73 bits per heavy atom. The van der Waals surface area contributed by atoms with Gasteiger partial charge >= 0.3 is 0 Å². The number of rotatable bonds is 6. The molecule has 1 rings (SSSR count). The fourth-order valence-corrected chi connectivity index (χ4v) is 2.80. The van der Waals surface area contributed by atoms with Crippen LogP contribution in [0.1, 0.15) is 52.4 Å². The van der Waals surface area contributed by atoms with Crippen LogP contribution in [0.15, 0.2) is 23.8 Å². The molecule has 15 heavy (non-hydrogen) atoms. The third-order valence-electron chi connectivity index (χ3n) is 3.69. The molecule has 0 aromatic carbocycles. The lowest BCUT2D eigenvalue weighted by Gasteiger charge is -2.33. The Balaban J connectivity index is 2.55. The Morgan fingerprint density at radius 2 is 2.13 bits per heavy atom. The van der Waals surface area contributed by atoms with Crippen LogP contribution in [0.4, 0.5) is 0 Å². The maximum Gasteiger partial charge on any atom is 0.222 e. The number of unbranched alkanes of at least 4 members (excludes halogenated alkanes) is 1. The summed E-state index contributed by atoms with van der Waals surface area (Å²) in [6.45, 7) is 4.62. The van der Waals surface area contributed by atoms with Crippen LogP contribution >= 0.6 is 0 Å². The molecule has 0 aromatic rings. The topological polar surface area (TPSA) is 0 Å². The molecule has 0 spiro atoms. The third-order valence-corrected chi connectivity index (χ3v) is 4.19. The monoisotopic (exact) mass is 215 g/mol. The van der Waals surface area contributed by atoms with Gasteiger partial charge in [0, 0.05) is 0 Å². The second-order valence-electron chi connectivity index (χ2n) is 4.74. The van der Waals surface area contributed by atoms with Gasteiger partial charge in [-0.3, -0.25) is 0 Å². The summed E-state index contributed by atoms with van der Waals surface area (Å²) < 4.78 is 1.36. The summed E-state index contributed by atoms with van der Waals surface area (Å²) in [5.41, 5.74) is 2.14. The first kappa shape index (κ1) is 13.3. The van der Waals surface area contributed by atoms with Gasteiger partial charge < -0.3 is 0 Å². The van der Waals surface area contributed by atoms with Crippen molar-refractivity contribution in [1.82, 2.24) is 0 Å². The predicted molar refractivity (Wildman–Crippen MR) is 69.3 cm³/mol. The molecule has 1 radical (unpaired) electrons. The van der Waals surface area contributed by atoms with E-state index in [9.17, 15) is 0 Å². The number of hydrogen-bond donors (Lipinski definition) is 0. The van der Waals surface area contributed by atoms with E-state index in [1.165, 1.54) is 43.1 Å². The van der Waals surface area contributed by atoms with Gasteiger partial charge in [0.15, 0.2) is 0 Å². The first-order chi connectivity index (χ1) is 7.26. The van der Waals surface area contributed by atoms with Crippen LogP contribution in [-0.2, 0) is 0 Å². The summed E-state index contributed by atoms with van der Waals surface area (Å²) >= 11 is 2.10. The van der Waals surface area contributed by atoms with Gasteiger partial charge in [-0.15, -0.1) is 0 Å². The zero-order valence-electron chi connectivity index (χ0n) is 10.4. The molecule has 1 aliphatic carbocycles. The van der Waals surface area contributed by atoms with Crippen molar-refractivity contribution in [1.29, 1.82) is 0 Å². The van der Waals surface area contributed by atoms with Gasteiger partial charge in [0.05, 0.1) is 0 Å². The number of hydrogen-bond acceptors (Lipinski definition) is 0. The minimum Gasteiger partial charge on any atom is -0.177 e. The summed E-state index contributed by atoms with van der Waals surface area (Å²) in [4.78, 5) is 0. The Morgan fingerprint density at radius 1 is 1.33 bits per heavy atom. The van der Waals surface area contributed by atoms with Crippen LogP contribution in [0, 0.1) is 5.41 Å². The predicted octanol–water partition coefficient (Wildman–Crippen LogP) is 4.44. The lowest BCUT2D eigenvalue weighted by Crippen LogP contribution is -2.19. The van der Waals surface area contributed by atoms with Gasteiger partial charge in [0.25, 0.3) is 0 Å². The molecular formula is C14H23Mg. The van der Waals surface area contributed by atoms with Crippen molar-refractivity contribution in [3.8, 4) is 0 Å². The van der Waals surface area contributed by atoms with E-state index in [1.54, 1.807) is 5.57 Å². The highest BCUT2D eigenvalue weighted by molar-refractivity contribution is 6.08. The van der Waals surface area contributed by atoms with Gasteiger partial charge in [-0.25, -0.2) is 0 Å². The van der Waals surface area contributed by atoms with E-state index < -0.39 is 0 Å². The van der Waals surface area contributed by atoms with Crippen LogP contribution in [0.3, 0.4) is 0 Å².